The molecule has 0 amide bonds. The molecule has 1 aromatic carbocycles. The molecular formula is C15H18N2O2S. The van der Waals surface area contributed by atoms with E-state index in [0.29, 0.717) is 12.2 Å². The standard InChI is InChI=1S/C15H18N2O2S/c1-19-13-4-6-14(7-5-13)20-10-2-9-17-11-12(16)3-8-15(17)18/h3-8,11H,2,9-10,16H2,1H3. The molecule has 0 aliphatic rings. The van der Waals surface area contributed by atoms with E-state index in [1.54, 1.807) is 35.7 Å². The molecule has 0 saturated heterocycles. The molecule has 0 spiro atoms. The van der Waals surface area contributed by atoms with E-state index in [1.165, 1.54) is 11.0 Å². The van der Waals surface area contributed by atoms with E-state index in [1.807, 2.05) is 24.3 Å². The van der Waals surface area contributed by atoms with Crippen molar-refractivity contribution in [2.75, 3.05) is 18.6 Å². The minimum atomic E-state index is -0.00588. The monoisotopic (exact) mass is 290 g/mol. The van der Waals surface area contributed by atoms with Gasteiger partial charge >= 0.3 is 0 Å². The lowest BCUT2D eigenvalue weighted by Crippen LogP contribution is -2.19. The zero-order valence-corrected chi connectivity index (χ0v) is 12.2. The highest BCUT2D eigenvalue weighted by Crippen LogP contribution is 2.21. The highest BCUT2D eigenvalue weighted by Gasteiger charge is 1.98. The summed E-state index contributed by atoms with van der Waals surface area (Å²) < 4.78 is 6.77. The third-order valence-corrected chi connectivity index (χ3v) is 3.98. The normalized spacial score (nSPS) is 10.4. The van der Waals surface area contributed by atoms with Gasteiger partial charge in [-0.3, -0.25) is 4.79 Å². The number of rotatable bonds is 6. The number of nitrogens with zero attached hydrogens (tertiary/aromatic N) is 1. The molecule has 0 bridgehead atoms. The van der Waals surface area contributed by atoms with Crippen LogP contribution in [0.2, 0.25) is 0 Å². The third-order valence-electron chi connectivity index (χ3n) is 2.88. The molecule has 0 aliphatic carbocycles. The molecule has 2 rings (SSSR count). The van der Waals surface area contributed by atoms with E-state index in [2.05, 4.69) is 0 Å². The predicted octanol–water partition coefficient (Wildman–Crippen LogP) is 2.62. The highest BCUT2D eigenvalue weighted by molar-refractivity contribution is 7.99. The van der Waals surface area contributed by atoms with Crippen molar-refractivity contribution >= 4 is 17.4 Å². The van der Waals surface area contributed by atoms with Crippen LogP contribution in [0, 0.1) is 0 Å². The lowest BCUT2D eigenvalue weighted by atomic mass is 10.3. The van der Waals surface area contributed by atoms with Crippen molar-refractivity contribution in [3.8, 4) is 5.75 Å². The van der Waals surface area contributed by atoms with Crippen LogP contribution >= 0.6 is 11.8 Å². The first kappa shape index (κ1) is 14.5. The number of aryl methyl sites for hydroxylation is 1. The van der Waals surface area contributed by atoms with Crippen molar-refractivity contribution in [1.82, 2.24) is 4.57 Å². The van der Waals surface area contributed by atoms with Gasteiger partial charge in [0.25, 0.3) is 5.56 Å². The number of ether oxygens (including phenoxy) is 1. The number of anilines is 1. The van der Waals surface area contributed by atoms with Gasteiger partial charge in [-0.05, 0) is 42.5 Å². The fourth-order valence-electron chi connectivity index (χ4n) is 1.82. The van der Waals surface area contributed by atoms with Gasteiger partial charge in [0.2, 0.25) is 0 Å². The number of nitrogens with two attached hydrogens (primary N) is 1. The van der Waals surface area contributed by atoms with E-state index in [4.69, 9.17) is 10.5 Å². The van der Waals surface area contributed by atoms with Crippen molar-refractivity contribution in [3.63, 3.8) is 0 Å². The van der Waals surface area contributed by atoms with Gasteiger partial charge in [-0.2, -0.15) is 0 Å². The quantitative estimate of drug-likeness (QED) is 0.656. The molecule has 2 N–H and O–H groups in total. The maximum atomic E-state index is 11.6. The number of aromatic nitrogens is 1. The molecule has 0 radical (unpaired) electrons. The van der Waals surface area contributed by atoms with Crippen LogP contribution in [0.15, 0.2) is 52.3 Å². The molecule has 0 aliphatic heterocycles. The molecule has 0 atom stereocenters. The zero-order valence-electron chi connectivity index (χ0n) is 11.4. The van der Waals surface area contributed by atoms with Crippen molar-refractivity contribution in [2.24, 2.45) is 0 Å². The topological polar surface area (TPSA) is 57.2 Å². The van der Waals surface area contributed by atoms with Gasteiger partial charge in [0.05, 0.1) is 7.11 Å². The molecule has 4 nitrogen and oxygen atoms in total. The van der Waals surface area contributed by atoms with Crippen molar-refractivity contribution in [1.29, 1.82) is 0 Å². The Labute approximate surface area is 122 Å². The first-order valence-electron chi connectivity index (χ1n) is 6.42. The maximum Gasteiger partial charge on any atom is 0.250 e. The van der Waals surface area contributed by atoms with Gasteiger partial charge in [0, 0.05) is 29.4 Å². The van der Waals surface area contributed by atoms with Crippen molar-refractivity contribution in [2.45, 2.75) is 17.9 Å². The Morgan fingerprint density at radius 1 is 1.20 bits per heavy atom. The largest absolute Gasteiger partial charge is 0.497 e. The van der Waals surface area contributed by atoms with Crippen LogP contribution in [-0.4, -0.2) is 17.4 Å². The first-order chi connectivity index (χ1) is 9.69. The number of hydrogen-bond acceptors (Lipinski definition) is 4. The van der Waals surface area contributed by atoms with Crippen LogP contribution < -0.4 is 16.0 Å². The Morgan fingerprint density at radius 2 is 1.95 bits per heavy atom. The molecule has 1 aromatic heterocycles. The highest BCUT2D eigenvalue weighted by atomic mass is 32.2. The fraction of sp³-hybridized carbons (Fsp3) is 0.267. The molecule has 1 heterocycles. The van der Waals surface area contributed by atoms with E-state index in [0.717, 1.165) is 17.9 Å². The minimum absolute atomic E-state index is 0.00588. The number of benzene rings is 1. The average molecular weight is 290 g/mol. The summed E-state index contributed by atoms with van der Waals surface area (Å²) in [5, 5.41) is 0. The van der Waals surface area contributed by atoms with E-state index < -0.39 is 0 Å². The molecule has 2 aromatic rings. The first-order valence-corrected chi connectivity index (χ1v) is 7.40. The molecule has 5 heteroatoms. The second-order valence-corrected chi connectivity index (χ2v) is 5.54. The Kier molecular flexibility index (Phi) is 5.12. The third kappa shape index (κ3) is 4.06. The number of nitrogen functional groups attached to an aromatic ring is 1. The van der Waals surface area contributed by atoms with Crippen LogP contribution in [0.25, 0.3) is 0 Å². The summed E-state index contributed by atoms with van der Waals surface area (Å²) in [5.74, 6) is 1.81. The summed E-state index contributed by atoms with van der Waals surface area (Å²) in [4.78, 5) is 12.8. The summed E-state index contributed by atoms with van der Waals surface area (Å²) in [6, 6.07) is 11.1. The average Bonchev–Trinajstić information content (AvgIpc) is 2.47. The Morgan fingerprint density at radius 3 is 2.65 bits per heavy atom. The molecule has 0 fully saturated rings. The van der Waals surface area contributed by atoms with Gasteiger partial charge in [-0.25, -0.2) is 0 Å². The van der Waals surface area contributed by atoms with Crippen LogP contribution in [-0.2, 0) is 6.54 Å². The van der Waals surface area contributed by atoms with Gasteiger partial charge < -0.3 is 15.0 Å². The fourth-order valence-corrected chi connectivity index (χ4v) is 2.66. The van der Waals surface area contributed by atoms with Crippen LogP contribution in [0.3, 0.4) is 0 Å². The molecular weight excluding hydrogens is 272 g/mol. The Hall–Kier alpha value is -1.88. The molecule has 0 unspecified atom stereocenters. The Bertz CT molecular complexity index is 608. The summed E-state index contributed by atoms with van der Waals surface area (Å²) in [6.07, 6.45) is 2.61. The van der Waals surface area contributed by atoms with Crippen LogP contribution in [0.5, 0.6) is 5.75 Å². The molecule has 20 heavy (non-hydrogen) atoms. The second kappa shape index (κ2) is 7.05. The summed E-state index contributed by atoms with van der Waals surface area (Å²) in [6.45, 7) is 0.688. The smallest absolute Gasteiger partial charge is 0.250 e. The number of thioether (sulfide) groups is 1. The number of methoxy groups -OCH3 is 1. The molecule has 106 valence electrons. The van der Waals surface area contributed by atoms with Crippen LogP contribution in [0.4, 0.5) is 5.69 Å². The second-order valence-electron chi connectivity index (χ2n) is 4.37. The predicted molar refractivity (Wildman–Crippen MR) is 83.4 cm³/mol. The maximum absolute atomic E-state index is 11.6. The summed E-state index contributed by atoms with van der Waals surface area (Å²) in [7, 11) is 1.66. The minimum Gasteiger partial charge on any atom is -0.497 e. The summed E-state index contributed by atoms with van der Waals surface area (Å²) in [5.41, 5.74) is 6.29. The zero-order chi connectivity index (χ0) is 14.4. The van der Waals surface area contributed by atoms with Gasteiger partial charge in [-0.15, -0.1) is 11.8 Å². The number of hydrogen-bond donors (Lipinski definition) is 1. The van der Waals surface area contributed by atoms with Crippen molar-refractivity contribution < 1.29 is 4.74 Å². The lowest BCUT2D eigenvalue weighted by molar-refractivity contribution is 0.414. The van der Waals surface area contributed by atoms with Gasteiger partial charge in [0.1, 0.15) is 5.75 Å². The van der Waals surface area contributed by atoms with E-state index in [-0.39, 0.29) is 5.56 Å². The van der Waals surface area contributed by atoms with Crippen molar-refractivity contribution in [3.05, 3.63) is 52.9 Å². The van der Waals surface area contributed by atoms with E-state index >= 15 is 0 Å². The number of pyridine rings is 1. The lowest BCUT2D eigenvalue weighted by Gasteiger charge is -2.06. The summed E-state index contributed by atoms with van der Waals surface area (Å²) >= 11 is 1.77. The van der Waals surface area contributed by atoms with Crippen LogP contribution in [0.1, 0.15) is 6.42 Å². The Balaban J connectivity index is 1.81. The van der Waals surface area contributed by atoms with Gasteiger partial charge in [0.15, 0.2) is 0 Å². The SMILES string of the molecule is COc1ccc(SCCCn2cc(N)ccc2=O)cc1. The van der Waals surface area contributed by atoms with Gasteiger partial charge in [-0.1, -0.05) is 0 Å². The van der Waals surface area contributed by atoms with E-state index in [9.17, 15) is 4.79 Å². The molecule has 0 saturated carbocycles.